The van der Waals surface area contributed by atoms with E-state index in [1.165, 1.54) is 12.1 Å². The van der Waals surface area contributed by atoms with Crippen molar-refractivity contribution in [3.63, 3.8) is 0 Å². The van der Waals surface area contributed by atoms with Gasteiger partial charge < -0.3 is 10.1 Å². The maximum Gasteiger partial charge on any atom is 0.294 e. The average Bonchev–Trinajstić information content (AvgIpc) is 3.05. The lowest BCUT2D eigenvalue weighted by Crippen LogP contribution is -2.54. The van der Waals surface area contributed by atoms with E-state index < -0.39 is 28.2 Å². The Hall–Kier alpha value is -2.49. The van der Waals surface area contributed by atoms with Gasteiger partial charge in [0.25, 0.3) is 10.1 Å². The largest absolute Gasteiger partial charge is 0.357 e. The van der Waals surface area contributed by atoms with Gasteiger partial charge in [0.2, 0.25) is 0 Å². The van der Waals surface area contributed by atoms with Crippen molar-refractivity contribution in [2.24, 2.45) is 5.92 Å². The second-order valence-electron chi connectivity index (χ2n) is 9.13. The summed E-state index contributed by atoms with van der Waals surface area (Å²) < 4.78 is 39.0. The van der Waals surface area contributed by atoms with Crippen LogP contribution in [0.5, 0.6) is 0 Å². The Kier molecular flexibility index (Phi) is 4.85. The first-order chi connectivity index (χ1) is 15.1. The van der Waals surface area contributed by atoms with Gasteiger partial charge in [-0.3, -0.25) is 4.55 Å². The quantitative estimate of drug-likeness (QED) is 0.322. The van der Waals surface area contributed by atoms with Crippen LogP contribution in [0.2, 0.25) is 0 Å². The fourth-order valence-electron chi connectivity index (χ4n) is 4.28. The molecule has 168 valence electrons. The van der Waals surface area contributed by atoms with E-state index in [-0.39, 0.29) is 10.8 Å². The predicted molar refractivity (Wildman–Crippen MR) is 122 cm³/mol. The summed E-state index contributed by atoms with van der Waals surface area (Å²) in [5, 5.41) is 5.48. The molecule has 2 N–H and O–H groups in total. The molecule has 0 aromatic heterocycles. The van der Waals surface area contributed by atoms with Crippen LogP contribution in [-0.4, -0.2) is 31.1 Å². The summed E-state index contributed by atoms with van der Waals surface area (Å²) in [6, 6.07) is 14.6. The second kappa shape index (κ2) is 7.26. The molecule has 1 heterocycles. The van der Waals surface area contributed by atoms with E-state index in [1.807, 2.05) is 58.0 Å². The van der Waals surface area contributed by atoms with Gasteiger partial charge in [0.15, 0.2) is 12.5 Å². The fraction of sp³-hybridized carbons (Fsp3) is 0.333. The molecular weight excluding hydrogens is 430 g/mol. The number of anilines is 1. The molecule has 7 nitrogen and oxygen atoms in total. The predicted octanol–water partition coefficient (Wildman–Crippen LogP) is 5.21. The SMILES string of the molecule is CC(C)C1OOC(C)(C)C(Nc2ccc3c4c(cccc24)-c2cc(S(=O)(=O)O)ccc2-3)O1. The van der Waals surface area contributed by atoms with Crippen LogP contribution < -0.4 is 5.32 Å². The zero-order valence-corrected chi connectivity index (χ0v) is 19.1. The number of ether oxygens (including phenoxy) is 1. The second-order valence-corrected chi connectivity index (χ2v) is 10.5. The normalized spacial score (nSPS) is 21.7. The fourth-order valence-corrected chi connectivity index (χ4v) is 4.78. The summed E-state index contributed by atoms with van der Waals surface area (Å²) in [5.41, 5.74) is 3.80. The lowest BCUT2D eigenvalue weighted by atomic mass is 10.0. The molecule has 1 fully saturated rings. The van der Waals surface area contributed by atoms with E-state index in [0.29, 0.717) is 0 Å². The van der Waals surface area contributed by atoms with Crippen molar-refractivity contribution in [2.75, 3.05) is 5.32 Å². The lowest BCUT2D eigenvalue weighted by Gasteiger charge is -2.42. The third-order valence-electron chi connectivity index (χ3n) is 6.00. The van der Waals surface area contributed by atoms with Gasteiger partial charge in [0.1, 0.15) is 5.60 Å². The summed E-state index contributed by atoms with van der Waals surface area (Å²) in [4.78, 5) is 10.9. The molecule has 2 atom stereocenters. The van der Waals surface area contributed by atoms with Crippen molar-refractivity contribution in [3.05, 3.63) is 48.5 Å². The van der Waals surface area contributed by atoms with Gasteiger partial charge in [0, 0.05) is 17.0 Å². The standard InChI is InChI=1S/C24H25NO6S/c1-13(2)22-29-23(24(3,4)31-30-22)25-20-11-10-17-15-9-8-14(32(26,27)28)12-19(15)16-6-5-7-18(20)21(16)17/h5-13,22-23,25H,1-4H3,(H,26,27,28). The number of hydrogen-bond acceptors (Lipinski definition) is 6. The Bertz CT molecular complexity index is 1330. The van der Waals surface area contributed by atoms with Crippen molar-refractivity contribution in [3.8, 4) is 22.3 Å². The van der Waals surface area contributed by atoms with Crippen LogP contribution in [-0.2, 0) is 24.6 Å². The van der Waals surface area contributed by atoms with Gasteiger partial charge in [-0.1, -0.05) is 44.2 Å². The Morgan fingerprint density at radius 2 is 1.72 bits per heavy atom. The van der Waals surface area contributed by atoms with Crippen molar-refractivity contribution < 1.29 is 27.5 Å². The molecule has 0 spiro atoms. The number of nitrogens with one attached hydrogen (secondary N) is 1. The maximum absolute atomic E-state index is 11.7. The first kappa shape index (κ1) is 21.4. The molecule has 1 aliphatic carbocycles. The van der Waals surface area contributed by atoms with Crippen LogP contribution in [0.25, 0.3) is 33.0 Å². The van der Waals surface area contributed by atoms with Crippen LogP contribution in [0.3, 0.4) is 0 Å². The van der Waals surface area contributed by atoms with Crippen LogP contribution in [0.4, 0.5) is 5.69 Å². The molecule has 2 aliphatic rings. The first-order valence-electron chi connectivity index (χ1n) is 10.5. The molecule has 0 saturated carbocycles. The number of fused-ring (bicyclic) bond motifs is 3. The smallest absolute Gasteiger partial charge is 0.294 e. The molecular formula is C24H25NO6S. The van der Waals surface area contributed by atoms with Gasteiger partial charge in [-0.15, -0.1) is 0 Å². The zero-order chi connectivity index (χ0) is 22.8. The van der Waals surface area contributed by atoms with Crippen LogP contribution in [0.1, 0.15) is 27.7 Å². The van der Waals surface area contributed by atoms with E-state index in [2.05, 4.69) is 5.32 Å². The molecule has 32 heavy (non-hydrogen) atoms. The highest BCUT2D eigenvalue weighted by Crippen LogP contribution is 2.49. The minimum Gasteiger partial charge on any atom is -0.357 e. The van der Waals surface area contributed by atoms with Crippen molar-refractivity contribution >= 4 is 26.6 Å². The van der Waals surface area contributed by atoms with Crippen LogP contribution >= 0.6 is 0 Å². The van der Waals surface area contributed by atoms with E-state index in [1.54, 1.807) is 6.07 Å². The number of hydrogen-bond donors (Lipinski definition) is 2. The van der Waals surface area contributed by atoms with Crippen LogP contribution in [0.15, 0.2) is 53.4 Å². The zero-order valence-electron chi connectivity index (χ0n) is 18.2. The third kappa shape index (κ3) is 3.39. The van der Waals surface area contributed by atoms with Crippen molar-refractivity contribution in [2.45, 2.75) is 50.7 Å². The molecule has 1 saturated heterocycles. The summed E-state index contributed by atoms with van der Waals surface area (Å²) >= 11 is 0. The Balaban J connectivity index is 1.59. The monoisotopic (exact) mass is 455 g/mol. The summed E-state index contributed by atoms with van der Waals surface area (Å²) in [7, 11) is -4.29. The van der Waals surface area contributed by atoms with Gasteiger partial charge in [-0.05, 0) is 59.7 Å². The molecule has 5 rings (SSSR count). The third-order valence-corrected chi connectivity index (χ3v) is 6.85. The molecule has 8 heteroatoms. The molecule has 3 aromatic rings. The molecule has 0 radical (unpaired) electrons. The topological polar surface area (TPSA) is 94.1 Å². The first-order valence-corrected chi connectivity index (χ1v) is 11.9. The van der Waals surface area contributed by atoms with E-state index in [4.69, 9.17) is 14.5 Å². The van der Waals surface area contributed by atoms with Gasteiger partial charge >= 0.3 is 0 Å². The Labute approximate surface area is 187 Å². The average molecular weight is 456 g/mol. The van der Waals surface area contributed by atoms with Gasteiger partial charge in [-0.25, -0.2) is 9.78 Å². The number of benzene rings is 3. The molecule has 0 bridgehead atoms. The summed E-state index contributed by atoms with van der Waals surface area (Å²) in [6.45, 7) is 7.79. The van der Waals surface area contributed by atoms with Crippen LogP contribution in [0, 0.1) is 5.92 Å². The van der Waals surface area contributed by atoms with E-state index >= 15 is 0 Å². The summed E-state index contributed by atoms with van der Waals surface area (Å²) in [5.74, 6) is 0.120. The minimum atomic E-state index is -4.29. The molecule has 0 amide bonds. The Morgan fingerprint density at radius 1 is 1.00 bits per heavy atom. The lowest BCUT2D eigenvalue weighted by molar-refractivity contribution is -0.485. The molecule has 1 aliphatic heterocycles. The van der Waals surface area contributed by atoms with E-state index in [0.717, 1.165) is 38.7 Å². The highest BCUT2D eigenvalue weighted by atomic mass is 32.2. The highest BCUT2D eigenvalue weighted by molar-refractivity contribution is 7.85. The maximum atomic E-state index is 11.7. The van der Waals surface area contributed by atoms with E-state index in [9.17, 15) is 13.0 Å². The van der Waals surface area contributed by atoms with Gasteiger partial charge in [0.05, 0.1) is 4.90 Å². The highest BCUT2D eigenvalue weighted by Gasteiger charge is 2.41. The van der Waals surface area contributed by atoms with Crippen molar-refractivity contribution in [1.82, 2.24) is 0 Å². The summed E-state index contributed by atoms with van der Waals surface area (Å²) in [6.07, 6.45) is -0.934. The van der Waals surface area contributed by atoms with Gasteiger partial charge in [-0.2, -0.15) is 8.42 Å². The molecule has 3 aromatic carbocycles. The number of rotatable bonds is 4. The van der Waals surface area contributed by atoms with Crippen molar-refractivity contribution in [1.29, 1.82) is 0 Å². The Morgan fingerprint density at radius 3 is 2.44 bits per heavy atom. The molecule has 2 unspecified atom stereocenters. The minimum absolute atomic E-state index is 0.117.